The number of hydrogen-bond acceptors (Lipinski definition) is 3. The largest absolute Gasteiger partial charge is 0.389 e. The van der Waals surface area contributed by atoms with E-state index in [0.717, 1.165) is 9.75 Å². The Morgan fingerprint density at radius 1 is 1.53 bits per heavy atom. The molecular weight excluding hydrogens is 210 g/mol. The summed E-state index contributed by atoms with van der Waals surface area (Å²) in [5.41, 5.74) is -0.850. The van der Waals surface area contributed by atoms with Crippen LogP contribution in [0.5, 0.6) is 0 Å². The van der Waals surface area contributed by atoms with Crippen LogP contribution in [0.15, 0.2) is 12.1 Å². The molecule has 0 saturated heterocycles. The first kappa shape index (κ1) is 12.2. The van der Waals surface area contributed by atoms with Crippen LogP contribution in [0.25, 0.3) is 0 Å². The summed E-state index contributed by atoms with van der Waals surface area (Å²) in [6.07, 6.45) is 0. The van der Waals surface area contributed by atoms with Gasteiger partial charge in [-0.2, -0.15) is 0 Å². The fourth-order valence-corrected chi connectivity index (χ4v) is 2.25. The molecule has 0 bridgehead atoms. The zero-order valence-electron chi connectivity index (χ0n) is 9.57. The molecule has 3 nitrogen and oxygen atoms in total. The number of rotatable bonds is 3. The van der Waals surface area contributed by atoms with Crippen LogP contribution in [-0.2, 0) is 0 Å². The molecule has 0 aliphatic rings. The lowest BCUT2D eigenvalue weighted by atomic mass is 10.1. The van der Waals surface area contributed by atoms with Crippen molar-refractivity contribution in [3.63, 3.8) is 0 Å². The van der Waals surface area contributed by atoms with E-state index in [2.05, 4.69) is 0 Å². The molecule has 0 radical (unpaired) electrons. The van der Waals surface area contributed by atoms with Gasteiger partial charge >= 0.3 is 0 Å². The van der Waals surface area contributed by atoms with Gasteiger partial charge in [-0.15, -0.1) is 11.3 Å². The van der Waals surface area contributed by atoms with Gasteiger partial charge in [0.05, 0.1) is 10.5 Å². The van der Waals surface area contributed by atoms with E-state index >= 15 is 0 Å². The number of aliphatic hydroxyl groups is 1. The monoisotopic (exact) mass is 227 g/mol. The van der Waals surface area contributed by atoms with Crippen LogP contribution >= 0.6 is 11.3 Å². The SMILES string of the molecule is Cc1ccc(C(=O)N(C)CC(C)(C)O)s1. The average molecular weight is 227 g/mol. The Bertz CT molecular complexity index is 352. The van der Waals surface area contributed by atoms with Crippen molar-refractivity contribution in [1.29, 1.82) is 0 Å². The molecule has 0 unspecified atom stereocenters. The number of thiophene rings is 1. The Balaban J connectivity index is 2.69. The molecule has 4 heteroatoms. The van der Waals surface area contributed by atoms with Gasteiger partial charge in [0.1, 0.15) is 0 Å². The van der Waals surface area contributed by atoms with Gasteiger partial charge in [0.15, 0.2) is 0 Å². The van der Waals surface area contributed by atoms with E-state index in [4.69, 9.17) is 0 Å². The van der Waals surface area contributed by atoms with Crippen LogP contribution in [0.3, 0.4) is 0 Å². The molecule has 0 aliphatic heterocycles. The summed E-state index contributed by atoms with van der Waals surface area (Å²) in [6.45, 7) is 5.69. The maximum Gasteiger partial charge on any atom is 0.263 e. The molecule has 1 amide bonds. The Morgan fingerprint density at radius 3 is 2.53 bits per heavy atom. The number of aryl methyl sites for hydroxylation is 1. The smallest absolute Gasteiger partial charge is 0.263 e. The van der Waals surface area contributed by atoms with E-state index in [1.54, 1.807) is 25.8 Å². The predicted molar refractivity (Wildman–Crippen MR) is 62.3 cm³/mol. The zero-order chi connectivity index (χ0) is 11.6. The van der Waals surface area contributed by atoms with E-state index in [0.29, 0.717) is 6.54 Å². The number of carbonyl (C=O) groups is 1. The number of amides is 1. The fraction of sp³-hybridized carbons (Fsp3) is 0.545. The van der Waals surface area contributed by atoms with Crippen LogP contribution < -0.4 is 0 Å². The molecule has 1 aromatic heterocycles. The topological polar surface area (TPSA) is 40.5 Å². The third kappa shape index (κ3) is 3.64. The van der Waals surface area contributed by atoms with Crippen LogP contribution in [0.1, 0.15) is 28.4 Å². The van der Waals surface area contributed by atoms with E-state index < -0.39 is 5.60 Å². The second-order valence-electron chi connectivity index (χ2n) is 4.38. The summed E-state index contributed by atoms with van der Waals surface area (Å²) in [4.78, 5) is 15.2. The highest BCUT2D eigenvalue weighted by molar-refractivity contribution is 7.13. The highest BCUT2D eigenvalue weighted by Crippen LogP contribution is 2.17. The Morgan fingerprint density at radius 2 is 2.13 bits per heavy atom. The van der Waals surface area contributed by atoms with E-state index in [9.17, 15) is 9.90 Å². The van der Waals surface area contributed by atoms with E-state index in [1.165, 1.54) is 11.3 Å². The first-order chi connectivity index (χ1) is 6.79. The lowest BCUT2D eigenvalue weighted by Gasteiger charge is -2.25. The summed E-state index contributed by atoms with van der Waals surface area (Å²) in [7, 11) is 1.70. The maximum atomic E-state index is 11.9. The Hall–Kier alpha value is -0.870. The fourth-order valence-electron chi connectivity index (χ4n) is 1.39. The normalized spacial score (nSPS) is 11.5. The van der Waals surface area contributed by atoms with Crippen molar-refractivity contribution < 1.29 is 9.90 Å². The maximum absolute atomic E-state index is 11.9. The summed E-state index contributed by atoms with van der Waals surface area (Å²) in [5, 5.41) is 9.60. The summed E-state index contributed by atoms with van der Waals surface area (Å²) < 4.78 is 0. The third-order valence-corrected chi connectivity index (χ3v) is 2.91. The highest BCUT2D eigenvalue weighted by Gasteiger charge is 2.20. The van der Waals surface area contributed by atoms with Gasteiger partial charge in [-0.1, -0.05) is 0 Å². The first-order valence-electron chi connectivity index (χ1n) is 4.84. The Labute approximate surface area is 94.3 Å². The molecule has 0 saturated carbocycles. The predicted octanol–water partition coefficient (Wildman–Crippen LogP) is 1.90. The molecule has 84 valence electrons. The minimum absolute atomic E-state index is 0.0322. The molecule has 1 N–H and O–H groups in total. The van der Waals surface area contributed by atoms with E-state index in [1.807, 2.05) is 19.1 Å². The van der Waals surface area contributed by atoms with Gasteiger partial charge in [-0.25, -0.2) is 0 Å². The minimum atomic E-state index is -0.850. The number of nitrogens with zero attached hydrogens (tertiary/aromatic N) is 1. The summed E-state index contributed by atoms with van der Waals surface area (Å²) >= 11 is 1.48. The molecular formula is C11H17NO2S. The first-order valence-corrected chi connectivity index (χ1v) is 5.65. The summed E-state index contributed by atoms with van der Waals surface area (Å²) in [5.74, 6) is -0.0322. The van der Waals surface area contributed by atoms with Crippen molar-refractivity contribution in [1.82, 2.24) is 4.90 Å². The molecule has 15 heavy (non-hydrogen) atoms. The molecule has 1 heterocycles. The van der Waals surface area contributed by atoms with Crippen molar-refractivity contribution in [2.24, 2.45) is 0 Å². The minimum Gasteiger partial charge on any atom is -0.389 e. The molecule has 0 aliphatic carbocycles. The van der Waals surface area contributed by atoms with Crippen molar-refractivity contribution >= 4 is 17.2 Å². The number of likely N-dealkylation sites (N-methyl/N-ethyl adjacent to an activating group) is 1. The van der Waals surface area contributed by atoms with Crippen molar-refractivity contribution in [3.8, 4) is 0 Å². The number of carbonyl (C=O) groups excluding carboxylic acids is 1. The molecule has 0 atom stereocenters. The van der Waals surface area contributed by atoms with Crippen LogP contribution in [0, 0.1) is 6.92 Å². The number of hydrogen-bond donors (Lipinski definition) is 1. The second kappa shape index (κ2) is 4.33. The summed E-state index contributed by atoms with van der Waals surface area (Å²) in [6, 6.07) is 3.75. The highest BCUT2D eigenvalue weighted by atomic mass is 32.1. The van der Waals surface area contributed by atoms with Crippen molar-refractivity contribution in [2.45, 2.75) is 26.4 Å². The molecule has 1 aromatic rings. The molecule has 0 fully saturated rings. The van der Waals surface area contributed by atoms with Gasteiger partial charge < -0.3 is 10.0 Å². The zero-order valence-corrected chi connectivity index (χ0v) is 10.4. The average Bonchev–Trinajstić information content (AvgIpc) is 2.47. The van der Waals surface area contributed by atoms with Crippen LogP contribution in [0.2, 0.25) is 0 Å². The van der Waals surface area contributed by atoms with Gasteiger partial charge in [-0.3, -0.25) is 4.79 Å². The van der Waals surface area contributed by atoms with Crippen molar-refractivity contribution in [3.05, 3.63) is 21.9 Å². The van der Waals surface area contributed by atoms with Gasteiger partial charge in [0.25, 0.3) is 5.91 Å². The van der Waals surface area contributed by atoms with Gasteiger partial charge in [-0.05, 0) is 32.9 Å². The molecule has 1 rings (SSSR count). The second-order valence-corrected chi connectivity index (χ2v) is 5.67. The van der Waals surface area contributed by atoms with Crippen LogP contribution in [-0.4, -0.2) is 35.1 Å². The third-order valence-electron chi connectivity index (χ3n) is 1.92. The molecule has 0 aromatic carbocycles. The van der Waals surface area contributed by atoms with Crippen molar-refractivity contribution in [2.75, 3.05) is 13.6 Å². The Kier molecular flexibility index (Phi) is 3.52. The van der Waals surface area contributed by atoms with Gasteiger partial charge in [0, 0.05) is 18.5 Å². The molecule has 0 spiro atoms. The standard InChI is InChI=1S/C11H17NO2S/c1-8-5-6-9(15-8)10(13)12(4)7-11(2,3)14/h5-6,14H,7H2,1-4H3. The lowest BCUT2D eigenvalue weighted by molar-refractivity contribution is 0.0370. The lowest BCUT2D eigenvalue weighted by Crippen LogP contribution is -2.39. The quantitative estimate of drug-likeness (QED) is 0.856. The van der Waals surface area contributed by atoms with E-state index in [-0.39, 0.29) is 5.91 Å². The van der Waals surface area contributed by atoms with Crippen LogP contribution in [0.4, 0.5) is 0 Å². The van der Waals surface area contributed by atoms with Gasteiger partial charge in [0.2, 0.25) is 0 Å².